The number of carboxylic acids is 2. The van der Waals surface area contributed by atoms with Crippen LogP contribution in [0.15, 0.2) is 0 Å². The molecule has 4 atom stereocenters. The minimum atomic E-state index is -1.31. The monoisotopic (exact) mass is 502 g/mol. The molecule has 202 valence electrons. The van der Waals surface area contributed by atoms with E-state index in [0.29, 0.717) is 45.2 Å². The third kappa shape index (κ3) is 13.6. The number of aliphatic carboxylic acids is 2. The minimum absolute atomic E-state index is 0.130. The molecule has 11 N–H and O–H groups in total. The molecule has 13 nitrogen and oxygen atoms in total. The van der Waals surface area contributed by atoms with E-state index in [1.165, 1.54) is 0 Å². The zero-order chi connectivity index (χ0) is 27.0. The summed E-state index contributed by atoms with van der Waals surface area (Å²) in [6.45, 7) is 4.22. The van der Waals surface area contributed by atoms with Crippen molar-refractivity contribution in [3.63, 3.8) is 0 Å². The lowest BCUT2D eigenvalue weighted by atomic mass is 10.0. The number of rotatable bonds is 19. The summed E-state index contributed by atoms with van der Waals surface area (Å²) in [7, 11) is 0. The van der Waals surface area contributed by atoms with E-state index in [1.807, 2.05) is 0 Å². The maximum atomic E-state index is 13.0. The molecule has 0 aromatic carbocycles. The van der Waals surface area contributed by atoms with Crippen molar-refractivity contribution in [2.45, 2.75) is 89.4 Å². The summed E-state index contributed by atoms with van der Waals surface area (Å²) in [5.41, 5.74) is 16.8. The fourth-order valence-corrected chi connectivity index (χ4v) is 3.26. The molecule has 0 rings (SSSR count). The van der Waals surface area contributed by atoms with Gasteiger partial charge in [0.1, 0.15) is 18.1 Å². The van der Waals surface area contributed by atoms with E-state index in [-0.39, 0.29) is 18.8 Å². The van der Waals surface area contributed by atoms with Crippen LogP contribution in [-0.2, 0) is 24.0 Å². The molecule has 35 heavy (non-hydrogen) atoms. The van der Waals surface area contributed by atoms with Crippen LogP contribution >= 0.6 is 0 Å². The molecule has 3 amide bonds. The molecule has 4 unspecified atom stereocenters. The molecule has 0 heterocycles. The minimum Gasteiger partial charge on any atom is -0.481 e. The second-order valence-electron chi connectivity index (χ2n) is 8.80. The molecule has 0 aromatic heterocycles. The molecular weight excluding hydrogens is 460 g/mol. The molecule has 0 aromatic rings. The average Bonchev–Trinajstić information content (AvgIpc) is 2.78. The number of carboxylic acid groups (broad SMARTS) is 2. The zero-order valence-corrected chi connectivity index (χ0v) is 20.6. The highest BCUT2D eigenvalue weighted by Gasteiger charge is 2.31. The summed E-state index contributed by atoms with van der Waals surface area (Å²) in [6, 6.07) is -4.41. The van der Waals surface area contributed by atoms with E-state index in [4.69, 9.17) is 22.3 Å². The predicted molar refractivity (Wildman–Crippen MR) is 129 cm³/mol. The van der Waals surface area contributed by atoms with Crippen molar-refractivity contribution in [2.75, 3.05) is 13.1 Å². The Kier molecular flexibility index (Phi) is 16.2. The van der Waals surface area contributed by atoms with E-state index in [1.54, 1.807) is 13.8 Å². The molecule has 0 aliphatic carbocycles. The second-order valence-corrected chi connectivity index (χ2v) is 8.80. The van der Waals surface area contributed by atoms with Gasteiger partial charge >= 0.3 is 11.9 Å². The van der Waals surface area contributed by atoms with Gasteiger partial charge in [0, 0.05) is 6.42 Å². The highest BCUT2D eigenvalue weighted by molar-refractivity contribution is 5.94. The van der Waals surface area contributed by atoms with E-state index in [0.717, 1.165) is 0 Å². The van der Waals surface area contributed by atoms with Crippen LogP contribution in [0, 0.1) is 5.92 Å². The molecule has 0 aliphatic heterocycles. The standard InChI is InChI=1S/C22H42N6O7/c1-13(2)18(28-19(31)14(25)7-3-5-11-23)21(33)26-15(9-10-17(29)30)20(32)27-16(22(34)35)8-4-6-12-24/h13-16,18H,3-12,23-25H2,1-2H3,(H,26,33)(H,27,32)(H,28,31)(H,29,30)(H,34,35). The highest BCUT2D eigenvalue weighted by atomic mass is 16.4. The summed E-state index contributed by atoms with van der Waals surface area (Å²) >= 11 is 0. The van der Waals surface area contributed by atoms with Gasteiger partial charge in [-0.05, 0) is 57.5 Å². The quantitative estimate of drug-likeness (QED) is 0.0963. The average molecular weight is 503 g/mol. The van der Waals surface area contributed by atoms with Crippen LogP contribution in [0.3, 0.4) is 0 Å². The topological polar surface area (TPSA) is 240 Å². The first-order chi connectivity index (χ1) is 16.4. The lowest BCUT2D eigenvalue weighted by Gasteiger charge is -2.27. The molecule has 0 fully saturated rings. The van der Waals surface area contributed by atoms with Crippen molar-refractivity contribution < 1.29 is 34.2 Å². The number of carbonyl (C=O) groups is 5. The number of amides is 3. The van der Waals surface area contributed by atoms with Gasteiger partial charge < -0.3 is 43.4 Å². The maximum Gasteiger partial charge on any atom is 0.326 e. The van der Waals surface area contributed by atoms with Gasteiger partial charge in [0.25, 0.3) is 0 Å². The van der Waals surface area contributed by atoms with Crippen molar-refractivity contribution in [3.05, 3.63) is 0 Å². The summed E-state index contributed by atoms with van der Waals surface area (Å²) in [4.78, 5) is 60.8. The summed E-state index contributed by atoms with van der Waals surface area (Å²) in [5.74, 6) is -4.88. The Hall–Kier alpha value is -2.77. The van der Waals surface area contributed by atoms with Gasteiger partial charge in [0.05, 0.1) is 6.04 Å². The molecule has 0 radical (unpaired) electrons. The van der Waals surface area contributed by atoms with Crippen molar-refractivity contribution >= 4 is 29.7 Å². The second kappa shape index (κ2) is 17.6. The normalized spacial score (nSPS) is 14.5. The molecule has 0 aliphatic rings. The van der Waals surface area contributed by atoms with E-state index >= 15 is 0 Å². The van der Waals surface area contributed by atoms with Crippen molar-refractivity contribution in [2.24, 2.45) is 23.1 Å². The van der Waals surface area contributed by atoms with Gasteiger partial charge in [0.15, 0.2) is 0 Å². The number of carbonyl (C=O) groups excluding carboxylic acids is 3. The van der Waals surface area contributed by atoms with Gasteiger partial charge in [-0.25, -0.2) is 4.79 Å². The fourth-order valence-electron chi connectivity index (χ4n) is 3.26. The zero-order valence-electron chi connectivity index (χ0n) is 20.6. The van der Waals surface area contributed by atoms with Gasteiger partial charge in [-0.15, -0.1) is 0 Å². The lowest BCUT2D eigenvalue weighted by molar-refractivity contribution is -0.143. The highest BCUT2D eigenvalue weighted by Crippen LogP contribution is 2.08. The SMILES string of the molecule is CC(C)C(NC(=O)C(N)CCCCN)C(=O)NC(CCC(=O)O)C(=O)NC(CCCCN)C(=O)O. The van der Waals surface area contributed by atoms with Crippen LogP contribution < -0.4 is 33.2 Å². The van der Waals surface area contributed by atoms with Gasteiger partial charge in [-0.3, -0.25) is 19.2 Å². The number of unbranched alkanes of at least 4 members (excludes halogenated alkanes) is 2. The third-order valence-electron chi connectivity index (χ3n) is 5.39. The van der Waals surface area contributed by atoms with Crippen molar-refractivity contribution in [1.29, 1.82) is 0 Å². The molecule has 0 saturated carbocycles. The van der Waals surface area contributed by atoms with Crippen LogP contribution in [0.25, 0.3) is 0 Å². The largest absolute Gasteiger partial charge is 0.481 e. The summed E-state index contributed by atoms with van der Waals surface area (Å²) in [5, 5.41) is 25.8. The van der Waals surface area contributed by atoms with Crippen LogP contribution in [0.1, 0.15) is 65.2 Å². The third-order valence-corrected chi connectivity index (χ3v) is 5.39. The van der Waals surface area contributed by atoms with Gasteiger partial charge in [0.2, 0.25) is 17.7 Å². The molecule has 0 saturated heterocycles. The summed E-state index contributed by atoms with van der Waals surface area (Å²) in [6.07, 6.45) is 2.21. The summed E-state index contributed by atoms with van der Waals surface area (Å²) < 4.78 is 0. The van der Waals surface area contributed by atoms with Crippen molar-refractivity contribution in [3.8, 4) is 0 Å². The van der Waals surface area contributed by atoms with Crippen LogP contribution in [0.4, 0.5) is 0 Å². The number of nitrogens with two attached hydrogens (primary N) is 3. The first-order valence-corrected chi connectivity index (χ1v) is 12.0. The Bertz CT molecular complexity index is 704. The Morgan fingerprint density at radius 3 is 1.74 bits per heavy atom. The predicted octanol–water partition coefficient (Wildman–Crippen LogP) is -1.37. The Balaban J connectivity index is 5.38. The van der Waals surface area contributed by atoms with Crippen LogP contribution in [0.5, 0.6) is 0 Å². The number of nitrogens with one attached hydrogen (secondary N) is 3. The van der Waals surface area contributed by atoms with Crippen LogP contribution in [-0.4, -0.2) is 77.1 Å². The van der Waals surface area contributed by atoms with Crippen LogP contribution in [0.2, 0.25) is 0 Å². The molecule has 0 bridgehead atoms. The number of hydrogen-bond donors (Lipinski definition) is 8. The molecular formula is C22H42N6O7. The number of hydrogen-bond acceptors (Lipinski definition) is 8. The first kappa shape index (κ1) is 32.2. The van der Waals surface area contributed by atoms with Crippen molar-refractivity contribution in [1.82, 2.24) is 16.0 Å². The van der Waals surface area contributed by atoms with E-state index in [9.17, 15) is 29.1 Å². The molecule has 13 heteroatoms. The van der Waals surface area contributed by atoms with E-state index < -0.39 is 60.2 Å². The van der Waals surface area contributed by atoms with E-state index in [2.05, 4.69) is 16.0 Å². The van der Waals surface area contributed by atoms with Gasteiger partial charge in [-0.1, -0.05) is 20.3 Å². The molecule has 0 spiro atoms. The Morgan fingerprint density at radius 2 is 1.26 bits per heavy atom. The maximum absolute atomic E-state index is 13.0. The smallest absolute Gasteiger partial charge is 0.326 e. The Labute approximate surface area is 205 Å². The lowest BCUT2D eigenvalue weighted by Crippen LogP contribution is -2.58. The Morgan fingerprint density at radius 1 is 0.714 bits per heavy atom. The fraction of sp³-hybridized carbons (Fsp3) is 0.773. The van der Waals surface area contributed by atoms with Gasteiger partial charge in [-0.2, -0.15) is 0 Å². The first-order valence-electron chi connectivity index (χ1n) is 12.0.